The second-order valence-electron chi connectivity index (χ2n) is 3.45. The summed E-state index contributed by atoms with van der Waals surface area (Å²) in [6.07, 6.45) is 2.29. The van der Waals surface area contributed by atoms with Gasteiger partial charge in [0.05, 0.1) is 5.69 Å². The zero-order chi connectivity index (χ0) is 12.1. The summed E-state index contributed by atoms with van der Waals surface area (Å²) in [4.78, 5) is 26.8. The number of primary amides is 1. The van der Waals surface area contributed by atoms with Gasteiger partial charge in [-0.05, 0) is 13.3 Å². The Labute approximate surface area is 98.1 Å². The lowest BCUT2D eigenvalue weighted by Crippen LogP contribution is -2.10. The number of unbranched alkanes of at least 4 members (excludes halogenated alkanes) is 1. The fourth-order valence-corrected chi connectivity index (χ4v) is 2.03. The molecule has 1 aromatic heterocycles. The average molecular weight is 241 g/mol. The van der Waals surface area contributed by atoms with E-state index in [1.54, 1.807) is 6.92 Å². The molecule has 0 atom stereocenters. The van der Waals surface area contributed by atoms with Crippen LogP contribution in [0.5, 0.6) is 0 Å². The molecule has 0 aliphatic heterocycles. The van der Waals surface area contributed by atoms with E-state index in [1.165, 1.54) is 0 Å². The predicted octanol–water partition coefficient (Wildman–Crippen LogP) is 1.68. The van der Waals surface area contributed by atoms with Gasteiger partial charge < -0.3 is 11.1 Å². The van der Waals surface area contributed by atoms with Gasteiger partial charge in [0.15, 0.2) is 5.13 Å². The van der Waals surface area contributed by atoms with Crippen LogP contribution < -0.4 is 11.1 Å². The molecule has 0 radical (unpaired) electrons. The zero-order valence-electron chi connectivity index (χ0n) is 9.37. The van der Waals surface area contributed by atoms with Crippen LogP contribution in [0.3, 0.4) is 0 Å². The number of amides is 2. The molecule has 0 saturated heterocycles. The van der Waals surface area contributed by atoms with Crippen molar-refractivity contribution in [2.45, 2.75) is 33.1 Å². The highest BCUT2D eigenvalue weighted by Gasteiger charge is 2.13. The van der Waals surface area contributed by atoms with Gasteiger partial charge in [-0.2, -0.15) is 0 Å². The average Bonchev–Trinajstić information content (AvgIpc) is 2.56. The van der Waals surface area contributed by atoms with E-state index in [1.807, 2.05) is 6.92 Å². The van der Waals surface area contributed by atoms with Crippen molar-refractivity contribution >= 4 is 28.3 Å². The SMILES string of the molecule is CCCCC(=O)Nc1nc(C)c(C(N)=O)s1. The lowest BCUT2D eigenvalue weighted by Gasteiger charge is -1.99. The third-order valence-corrected chi connectivity index (χ3v) is 3.11. The van der Waals surface area contributed by atoms with E-state index in [0.717, 1.165) is 24.2 Å². The van der Waals surface area contributed by atoms with Crippen LogP contribution >= 0.6 is 11.3 Å². The fraction of sp³-hybridized carbons (Fsp3) is 0.500. The summed E-state index contributed by atoms with van der Waals surface area (Å²) in [5.74, 6) is -0.587. The minimum Gasteiger partial charge on any atom is -0.365 e. The Morgan fingerprint density at radius 2 is 2.19 bits per heavy atom. The molecule has 5 nitrogen and oxygen atoms in total. The van der Waals surface area contributed by atoms with E-state index < -0.39 is 5.91 Å². The zero-order valence-corrected chi connectivity index (χ0v) is 10.2. The normalized spacial score (nSPS) is 10.1. The standard InChI is InChI=1S/C10H15N3O2S/c1-3-4-5-7(14)13-10-12-6(2)8(16-10)9(11)15/h3-5H2,1-2H3,(H2,11,15)(H,12,13,14). The summed E-state index contributed by atoms with van der Waals surface area (Å²) in [6, 6.07) is 0. The Balaban J connectivity index is 2.64. The van der Waals surface area contributed by atoms with E-state index in [4.69, 9.17) is 5.73 Å². The van der Waals surface area contributed by atoms with Gasteiger partial charge in [0.25, 0.3) is 5.91 Å². The Hall–Kier alpha value is -1.43. The number of thiazole rings is 1. The molecule has 2 amide bonds. The molecule has 0 spiro atoms. The summed E-state index contributed by atoms with van der Waals surface area (Å²) in [5, 5.41) is 3.09. The number of carbonyl (C=O) groups is 2. The van der Waals surface area contributed by atoms with Gasteiger partial charge in [0.1, 0.15) is 4.88 Å². The molecule has 0 fully saturated rings. The van der Waals surface area contributed by atoms with Crippen molar-refractivity contribution in [2.24, 2.45) is 5.73 Å². The first-order chi connectivity index (χ1) is 7.54. The van der Waals surface area contributed by atoms with Crippen LogP contribution in [0.15, 0.2) is 0 Å². The Bertz CT molecular complexity index is 401. The van der Waals surface area contributed by atoms with Crippen LogP contribution in [-0.2, 0) is 4.79 Å². The maximum Gasteiger partial charge on any atom is 0.260 e. The predicted molar refractivity (Wildman–Crippen MR) is 63.5 cm³/mol. The van der Waals surface area contributed by atoms with Crippen molar-refractivity contribution in [3.63, 3.8) is 0 Å². The highest BCUT2D eigenvalue weighted by atomic mass is 32.1. The number of aryl methyl sites for hydroxylation is 1. The molecule has 88 valence electrons. The maximum absolute atomic E-state index is 11.4. The van der Waals surface area contributed by atoms with Crippen molar-refractivity contribution in [1.29, 1.82) is 0 Å². The summed E-state index contributed by atoms with van der Waals surface area (Å²) < 4.78 is 0. The van der Waals surface area contributed by atoms with Crippen molar-refractivity contribution in [3.8, 4) is 0 Å². The van der Waals surface area contributed by atoms with Crippen LogP contribution in [0.25, 0.3) is 0 Å². The Morgan fingerprint density at radius 3 is 2.69 bits per heavy atom. The number of aromatic nitrogens is 1. The molecule has 16 heavy (non-hydrogen) atoms. The summed E-state index contributed by atoms with van der Waals surface area (Å²) in [7, 11) is 0. The Kier molecular flexibility index (Phi) is 4.42. The fourth-order valence-electron chi connectivity index (χ4n) is 1.20. The number of nitrogens with two attached hydrogens (primary N) is 1. The van der Waals surface area contributed by atoms with E-state index in [0.29, 0.717) is 22.1 Å². The summed E-state index contributed by atoms with van der Waals surface area (Å²) in [5.41, 5.74) is 5.72. The molecule has 1 rings (SSSR count). The van der Waals surface area contributed by atoms with Gasteiger partial charge in [-0.1, -0.05) is 24.7 Å². The summed E-state index contributed by atoms with van der Waals surface area (Å²) in [6.45, 7) is 3.71. The lowest BCUT2D eigenvalue weighted by molar-refractivity contribution is -0.116. The first kappa shape index (κ1) is 12.6. The minimum absolute atomic E-state index is 0.0772. The smallest absolute Gasteiger partial charge is 0.260 e. The first-order valence-corrected chi connectivity index (χ1v) is 5.93. The van der Waals surface area contributed by atoms with Crippen LogP contribution in [0, 0.1) is 6.92 Å². The molecule has 1 heterocycles. The quantitative estimate of drug-likeness (QED) is 0.822. The van der Waals surface area contributed by atoms with Gasteiger partial charge in [0, 0.05) is 6.42 Å². The monoisotopic (exact) mass is 241 g/mol. The third kappa shape index (κ3) is 3.30. The summed E-state index contributed by atoms with van der Waals surface area (Å²) >= 11 is 1.11. The molecule has 6 heteroatoms. The number of hydrogen-bond acceptors (Lipinski definition) is 4. The third-order valence-electron chi connectivity index (χ3n) is 2.02. The van der Waals surface area contributed by atoms with Crippen LogP contribution in [-0.4, -0.2) is 16.8 Å². The number of anilines is 1. The van der Waals surface area contributed by atoms with Crippen LogP contribution in [0.2, 0.25) is 0 Å². The van der Waals surface area contributed by atoms with E-state index >= 15 is 0 Å². The van der Waals surface area contributed by atoms with E-state index in [2.05, 4.69) is 10.3 Å². The largest absolute Gasteiger partial charge is 0.365 e. The number of nitrogens with one attached hydrogen (secondary N) is 1. The van der Waals surface area contributed by atoms with Crippen molar-refractivity contribution < 1.29 is 9.59 Å². The van der Waals surface area contributed by atoms with Gasteiger partial charge in [-0.3, -0.25) is 9.59 Å². The molecule has 0 aromatic carbocycles. The van der Waals surface area contributed by atoms with Gasteiger partial charge in [-0.15, -0.1) is 0 Å². The van der Waals surface area contributed by atoms with E-state index in [-0.39, 0.29) is 5.91 Å². The maximum atomic E-state index is 11.4. The second-order valence-corrected chi connectivity index (χ2v) is 4.45. The number of rotatable bonds is 5. The molecule has 0 aliphatic rings. The lowest BCUT2D eigenvalue weighted by atomic mass is 10.2. The van der Waals surface area contributed by atoms with Crippen molar-refractivity contribution in [3.05, 3.63) is 10.6 Å². The minimum atomic E-state index is -0.510. The topological polar surface area (TPSA) is 85.1 Å². The van der Waals surface area contributed by atoms with Crippen molar-refractivity contribution in [2.75, 3.05) is 5.32 Å². The molecule has 0 aliphatic carbocycles. The molecular formula is C10H15N3O2S. The van der Waals surface area contributed by atoms with Crippen molar-refractivity contribution in [1.82, 2.24) is 4.98 Å². The number of nitrogens with zero attached hydrogens (tertiary/aromatic N) is 1. The highest BCUT2D eigenvalue weighted by molar-refractivity contribution is 7.17. The number of hydrogen-bond donors (Lipinski definition) is 2. The van der Waals surface area contributed by atoms with Gasteiger partial charge in [-0.25, -0.2) is 4.98 Å². The molecule has 0 unspecified atom stereocenters. The molecular weight excluding hydrogens is 226 g/mol. The van der Waals surface area contributed by atoms with E-state index in [9.17, 15) is 9.59 Å². The first-order valence-electron chi connectivity index (χ1n) is 5.11. The Morgan fingerprint density at radius 1 is 1.50 bits per heavy atom. The molecule has 0 saturated carbocycles. The molecule has 1 aromatic rings. The second kappa shape index (κ2) is 5.60. The molecule has 0 bridgehead atoms. The highest BCUT2D eigenvalue weighted by Crippen LogP contribution is 2.22. The van der Waals surface area contributed by atoms with Gasteiger partial charge >= 0.3 is 0 Å². The van der Waals surface area contributed by atoms with Gasteiger partial charge in [0.2, 0.25) is 5.91 Å². The molecule has 3 N–H and O–H groups in total. The van der Waals surface area contributed by atoms with Crippen LogP contribution in [0.1, 0.15) is 41.6 Å². The number of carbonyl (C=O) groups excluding carboxylic acids is 2. The van der Waals surface area contributed by atoms with Crippen LogP contribution in [0.4, 0.5) is 5.13 Å².